The van der Waals surface area contributed by atoms with Gasteiger partial charge in [0.2, 0.25) is 0 Å². The van der Waals surface area contributed by atoms with Crippen LogP contribution in [0, 0.1) is 0 Å². The van der Waals surface area contributed by atoms with Crippen molar-refractivity contribution in [1.29, 1.82) is 0 Å². The van der Waals surface area contributed by atoms with Crippen molar-refractivity contribution in [3.63, 3.8) is 0 Å². The molecule has 0 saturated heterocycles. The van der Waals surface area contributed by atoms with Crippen LogP contribution in [0.2, 0.25) is 0 Å². The van der Waals surface area contributed by atoms with Gasteiger partial charge in [-0.05, 0) is 20.3 Å². The molecule has 4 nitrogen and oxygen atoms in total. The van der Waals surface area contributed by atoms with Crippen molar-refractivity contribution in [2.75, 3.05) is 13.1 Å². The van der Waals surface area contributed by atoms with E-state index in [9.17, 15) is 5.11 Å². The van der Waals surface area contributed by atoms with E-state index < -0.39 is 6.23 Å². The van der Waals surface area contributed by atoms with Gasteiger partial charge in [-0.25, -0.2) is 0 Å². The molecule has 0 aromatic rings. The highest BCUT2D eigenvalue weighted by Gasteiger charge is 2.16. The van der Waals surface area contributed by atoms with Gasteiger partial charge in [0.15, 0.2) is 0 Å². The van der Waals surface area contributed by atoms with Crippen LogP contribution < -0.4 is 11.5 Å². The average molecular weight is 189 g/mol. The molecule has 0 fully saturated rings. The summed E-state index contributed by atoms with van der Waals surface area (Å²) in [7, 11) is 0. The molecule has 0 aliphatic heterocycles. The molecule has 4 heteroatoms. The standard InChI is InChI=1S/C9H23N3O/c1-4-9(13)12(5-7(2)10)6-8(3)11/h7-9,13H,4-6,10-11H2,1-3H3. The Morgan fingerprint density at radius 2 is 1.54 bits per heavy atom. The van der Waals surface area contributed by atoms with E-state index in [1.54, 1.807) is 0 Å². The molecule has 0 bridgehead atoms. The Balaban J connectivity index is 4.02. The smallest absolute Gasteiger partial charge is 0.107 e. The number of aliphatic hydroxyl groups is 1. The first-order valence-corrected chi connectivity index (χ1v) is 4.90. The first-order chi connectivity index (χ1) is 5.97. The molecule has 5 N–H and O–H groups in total. The summed E-state index contributed by atoms with van der Waals surface area (Å²) in [6, 6.07) is 0.139. The van der Waals surface area contributed by atoms with Gasteiger partial charge in [-0.3, -0.25) is 4.90 Å². The lowest BCUT2D eigenvalue weighted by Gasteiger charge is -2.29. The molecule has 0 aromatic heterocycles. The van der Waals surface area contributed by atoms with Crippen molar-refractivity contribution < 1.29 is 5.11 Å². The molecular formula is C9H23N3O. The molecule has 0 amide bonds. The van der Waals surface area contributed by atoms with Crippen LogP contribution in [0.5, 0.6) is 0 Å². The maximum Gasteiger partial charge on any atom is 0.107 e. The molecule has 80 valence electrons. The topological polar surface area (TPSA) is 75.5 Å². The van der Waals surface area contributed by atoms with Gasteiger partial charge in [0.1, 0.15) is 6.23 Å². The van der Waals surface area contributed by atoms with Gasteiger partial charge in [0, 0.05) is 25.2 Å². The fraction of sp³-hybridized carbons (Fsp3) is 1.00. The van der Waals surface area contributed by atoms with E-state index in [1.807, 2.05) is 25.7 Å². The minimum absolute atomic E-state index is 0.0694. The van der Waals surface area contributed by atoms with Crippen molar-refractivity contribution in [3.05, 3.63) is 0 Å². The fourth-order valence-electron chi connectivity index (χ4n) is 1.32. The van der Waals surface area contributed by atoms with Gasteiger partial charge in [-0.15, -0.1) is 0 Å². The van der Waals surface area contributed by atoms with Crippen LogP contribution in [0.15, 0.2) is 0 Å². The van der Waals surface area contributed by atoms with Crippen molar-refractivity contribution >= 4 is 0 Å². The third kappa shape index (κ3) is 5.99. The zero-order valence-corrected chi connectivity index (χ0v) is 8.90. The second-order valence-corrected chi connectivity index (χ2v) is 3.80. The van der Waals surface area contributed by atoms with Crippen molar-refractivity contribution in [2.45, 2.75) is 45.5 Å². The van der Waals surface area contributed by atoms with E-state index in [0.717, 1.165) is 0 Å². The predicted octanol–water partition coefficient (Wildman–Crippen LogP) is -0.289. The monoisotopic (exact) mass is 189 g/mol. The Morgan fingerprint density at radius 3 is 1.77 bits per heavy atom. The lowest BCUT2D eigenvalue weighted by molar-refractivity contribution is -0.00407. The summed E-state index contributed by atoms with van der Waals surface area (Å²) in [5.74, 6) is 0. The van der Waals surface area contributed by atoms with E-state index >= 15 is 0 Å². The predicted molar refractivity (Wildman–Crippen MR) is 55.2 cm³/mol. The maximum atomic E-state index is 9.63. The summed E-state index contributed by atoms with van der Waals surface area (Å²) in [5.41, 5.74) is 11.3. The van der Waals surface area contributed by atoms with E-state index in [1.165, 1.54) is 0 Å². The van der Waals surface area contributed by atoms with Crippen LogP contribution in [0.4, 0.5) is 0 Å². The molecule has 0 radical (unpaired) electrons. The van der Waals surface area contributed by atoms with Crippen LogP contribution in [0.25, 0.3) is 0 Å². The quantitative estimate of drug-likeness (QED) is 0.502. The number of nitrogens with zero attached hydrogens (tertiary/aromatic N) is 1. The van der Waals surface area contributed by atoms with Gasteiger partial charge < -0.3 is 16.6 Å². The zero-order valence-electron chi connectivity index (χ0n) is 8.90. The summed E-state index contributed by atoms with van der Waals surface area (Å²) in [4.78, 5) is 1.93. The summed E-state index contributed by atoms with van der Waals surface area (Å²) in [5, 5.41) is 9.63. The van der Waals surface area contributed by atoms with Crippen LogP contribution in [-0.4, -0.2) is 41.4 Å². The number of nitrogens with two attached hydrogens (primary N) is 2. The van der Waals surface area contributed by atoms with E-state index in [0.29, 0.717) is 19.5 Å². The van der Waals surface area contributed by atoms with Gasteiger partial charge in [0.25, 0.3) is 0 Å². The summed E-state index contributed by atoms with van der Waals surface area (Å²) >= 11 is 0. The summed E-state index contributed by atoms with van der Waals surface area (Å²) in [6.07, 6.45) is 0.288. The number of hydrogen-bond acceptors (Lipinski definition) is 4. The van der Waals surface area contributed by atoms with Crippen LogP contribution in [0.3, 0.4) is 0 Å². The normalized spacial score (nSPS) is 18.7. The van der Waals surface area contributed by atoms with Gasteiger partial charge in [0.05, 0.1) is 0 Å². The molecule has 0 aliphatic rings. The molecule has 0 aliphatic carbocycles. The van der Waals surface area contributed by atoms with Crippen LogP contribution in [-0.2, 0) is 0 Å². The SMILES string of the molecule is CCC(O)N(CC(C)N)CC(C)N. The molecule has 3 unspecified atom stereocenters. The minimum Gasteiger partial charge on any atom is -0.378 e. The lowest BCUT2D eigenvalue weighted by Crippen LogP contribution is -2.46. The fourth-order valence-corrected chi connectivity index (χ4v) is 1.32. The summed E-state index contributed by atoms with van der Waals surface area (Å²) in [6.45, 7) is 7.18. The first-order valence-electron chi connectivity index (χ1n) is 4.90. The second-order valence-electron chi connectivity index (χ2n) is 3.80. The number of hydrogen-bond donors (Lipinski definition) is 3. The molecular weight excluding hydrogens is 166 g/mol. The highest BCUT2D eigenvalue weighted by atomic mass is 16.3. The van der Waals surface area contributed by atoms with Gasteiger partial charge in [-0.2, -0.15) is 0 Å². The van der Waals surface area contributed by atoms with E-state index in [-0.39, 0.29) is 12.1 Å². The highest BCUT2D eigenvalue weighted by Crippen LogP contribution is 2.02. The Morgan fingerprint density at radius 1 is 1.15 bits per heavy atom. The highest BCUT2D eigenvalue weighted by molar-refractivity contribution is 4.70. The zero-order chi connectivity index (χ0) is 10.4. The third-order valence-corrected chi connectivity index (χ3v) is 1.83. The first kappa shape index (κ1) is 12.8. The maximum absolute atomic E-state index is 9.63. The summed E-state index contributed by atoms with van der Waals surface area (Å²) < 4.78 is 0. The van der Waals surface area contributed by atoms with E-state index in [4.69, 9.17) is 11.5 Å². The van der Waals surface area contributed by atoms with E-state index in [2.05, 4.69) is 0 Å². The lowest BCUT2D eigenvalue weighted by atomic mass is 10.2. The van der Waals surface area contributed by atoms with Gasteiger partial charge in [-0.1, -0.05) is 6.92 Å². The molecule has 0 rings (SSSR count). The molecule has 3 atom stereocenters. The molecule has 0 aromatic carbocycles. The Kier molecular flexibility index (Phi) is 6.24. The average Bonchev–Trinajstić information content (AvgIpc) is 2.00. The van der Waals surface area contributed by atoms with Gasteiger partial charge >= 0.3 is 0 Å². The Labute approximate surface area is 80.9 Å². The molecule has 0 spiro atoms. The Hall–Kier alpha value is -0.160. The molecule has 0 heterocycles. The largest absolute Gasteiger partial charge is 0.378 e. The molecule has 0 saturated carbocycles. The molecule has 13 heavy (non-hydrogen) atoms. The van der Waals surface area contributed by atoms with Crippen molar-refractivity contribution in [2.24, 2.45) is 11.5 Å². The third-order valence-electron chi connectivity index (χ3n) is 1.83. The minimum atomic E-state index is -0.419. The van der Waals surface area contributed by atoms with Crippen molar-refractivity contribution in [1.82, 2.24) is 4.90 Å². The number of rotatable bonds is 6. The van der Waals surface area contributed by atoms with Crippen molar-refractivity contribution in [3.8, 4) is 0 Å². The Bertz CT molecular complexity index is 118. The van der Waals surface area contributed by atoms with Crippen LogP contribution in [0.1, 0.15) is 27.2 Å². The second kappa shape index (κ2) is 6.32. The number of aliphatic hydroxyl groups excluding tert-OH is 1. The van der Waals surface area contributed by atoms with Crippen LogP contribution >= 0.6 is 0 Å².